The second-order valence-electron chi connectivity index (χ2n) is 5.85. The monoisotopic (exact) mass is 260 g/mol. The highest BCUT2D eigenvalue weighted by molar-refractivity contribution is 5.92. The van der Waals surface area contributed by atoms with Gasteiger partial charge in [-0.2, -0.15) is 0 Å². The van der Waals surface area contributed by atoms with Gasteiger partial charge < -0.3 is 9.67 Å². The van der Waals surface area contributed by atoms with Crippen molar-refractivity contribution in [2.45, 2.75) is 46.1 Å². The lowest BCUT2D eigenvalue weighted by Crippen LogP contribution is -2.19. The van der Waals surface area contributed by atoms with Gasteiger partial charge in [0.1, 0.15) is 5.82 Å². The van der Waals surface area contributed by atoms with E-state index in [0.29, 0.717) is 5.56 Å². The zero-order chi connectivity index (χ0) is 14.2. The third kappa shape index (κ3) is 2.48. The van der Waals surface area contributed by atoms with Gasteiger partial charge in [-0.05, 0) is 24.6 Å². The highest BCUT2D eigenvalue weighted by atomic mass is 16.4. The number of nitrogens with zero attached hydrogens (tertiary/aromatic N) is 2. The Hall–Kier alpha value is -1.84. The quantitative estimate of drug-likeness (QED) is 0.919. The first-order valence-electron chi connectivity index (χ1n) is 6.58. The van der Waals surface area contributed by atoms with Crippen LogP contribution in [0.3, 0.4) is 0 Å². The van der Waals surface area contributed by atoms with Gasteiger partial charge in [0.15, 0.2) is 0 Å². The summed E-state index contributed by atoms with van der Waals surface area (Å²) in [4.78, 5) is 15.8. The highest BCUT2D eigenvalue weighted by Gasteiger charge is 2.23. The second-order valence-corrected chi connectivity index (χ2v) is 5.85. The van der Waals surface area contributed by atoms with Crippen molar-refractivity contribution in [2.75, 3.05) is 0 Å². The summed E-state index contributed by atoms with van der Waals surface area (Å²) in [6.07, 6.45) is 0.992. The molecule has 0 saturated carbocycles. The van der Waals surface area contributed by atoms with Gasteiger partial charge in [-0.15, -0.1) is 0 Å². The summed E-state index contributed by atoms with van der Waals surface area (Å²) in [6, 6.07) is 5.12. The van der Waals surface area contributed by atoms with Crippen LogP contribution in [0.15, 0.2) is 18.2 Å². The zero-order valence-corrected chi connectivity index (χ0v) is 11.9. The Morgan fingerprint density at radius 3 is 2.58 bits per heavy atom. The van der Waals surface area contributed by atoms with Crippen LogP contribution in [0.2, 0.25) is 0 Å². The van der Waals surface area contributed by atoms with Crippen molar-refractivity contribution in [1.29, 1.82) is 0 Å². The van der Waals surface area contributed by atoms with Crippen molar-refractivity contribution in [3.8, 4) is 0 Å². The molecule has 0 bridgehead atoms. The average molecular weight is 260 g/mol. The Labute approximate surface area is 113 Å². The van der Waals surface area contributed by atoms with Crippen LogP contribution in [0, 0.1) is 0 Å². The van der Waals surface area contributed by atoms with Crippen molar-refractivity contribution in [1.82, 2.24) is 9.55 Å². The second kappa shape index (κ2) is 4.68. The first kappa shape index (κ1) is 13.6. The zero-order valence-electron chi connectivity index (χ0n) is 11.9. The van der Waals surface area contributed by atoms with Gasteiger partial charge >= 0.3 is 5.97 Å². The molecule has 0 aliphatic rings. The fourth-order valence-corrected chi connectivity index (χ4v) is 2.28. The van der Waals surface area contributed by atoms with Crippen LogP contribution in [0.25, 0.3) is 11.0 Å². The van der Waals surface area contributed by atoms with Crippen molar-refractivity contribution in [2.24, 2.45) is 0 Å². The molecule has 4 heteroatoms. The number of hydrogen-bond donors (Lipinski definition) is 1. The minimum absolute atomic E-state index is 0.0580. The Morgan fingerprint density at radius 1 is 1.37 bits per heavy atom. The van der Waals surface area contributed by atoms with E-state index in [0.717, 1.165) is 29.8 Å². The van der Waals surface area contributed by atoms with E-state index in [1.807, 2.05) is 0 Å². The molecule has 0 amide bonds. The van der Waals surface area contributed by atoms with E-state index >= 15 is 0 Å². The Bertz CT molecular complexity index is 621. The Balaban J connectivity index is 2.71. The lowest BCUT2D eigenvalue weighted by atomic mass is 9.95. The molecule has 2 aromatic rings. The molecule has 0 aliphatic carbocycles. The number of hydrogen-bond acceptors (Lipinski definition) is 2. The smallest absolute Gasteiger partial charge is 0.335 e. The van der Waals surface area contributed by atoms with Gasteiger partial charge in [-0.3, -0.25) is 0 Å². The molecule has 0 spiro atoms. The fourth-order valence-electron chi connectivity index (χ4n) is 2.28. The van der Waals surface area contributed by atoms with Crippen molar-refractivity contribution in [3.05, 3.63) is 29.6 Å². The molecule has 0 radical (unpaired) electrons. The molecule has 0 atom stereocenters. The van der Waals surface area contributed by atoms with Gasteiger partial charge in [0.05, 0.1) is 16.6 Å². The number of imidazole rings is 1. The number of carboxylic acid groups (broad SMARTS) is 1. The SMILES string of the molecule is CCCn1c(C(C)(C)C)nc2ccc(C(=O)O)cc21. The number of rotatable bonds is 3. The molecule has 102 valence electrons. The molecule has 4 nitrogen and oxygen atoms in total. The predicted octanol–water partition coefficient (Wildman–Crippen LogP) is 3.44. The minimum Gasteiger partial charge on any atom is -0.478 e. The summed E-state index contributed by atoms with van der Waals surface area (Å²) in [6.45, 7) is 9.33. The summed E-state index contributed by atoms with van der Waals surface area (Å²) in [5, 5.41) is 9.10. The van der Waals surface area contributed by atoms with Crippen LogP contribution < -0.4 is 0 Å². The van der Waals surface area contributed by atoms with Crippen LogP contribution in [-0.2, 0) is 12.0 Å². The standard InChI is InChI=1S/C15H20N2O2/c1-5-8-17-12-9-10(13(18)19)6-7-11(12)16-14(17)15(2,3)4/h6-7,9H,5,8H2,1-4H3,(H,18,19). The van der Waals surface area contributed by atoms with Gasteiger partial charge in [0, 0.05) is 12.0 Å². The fraction of sp³-hybridized carbons (Fsp3) is 0.467. The number of aromatic nitrogens is 2. The minimum atomic E-state index is -0.900. The van der Waals surface area contributed by atoms with E-state index in [4.69, 9.17) is 5.11 Å². The van der Waals surface area contributed by atoms with Crippen LogP contribution in [0.4, 0.5) is 0 Å². The lowest BCUT2D eigenvalue weighted by molar-refractivity contribution is 0.0697. The molecule has 0 aliphatic heterocycles. The van der Waals surface area contributed by atoms with Gasteiger partial charge in [-0.25, -0.2) is 9.78 Å². The highest BCUT2D eigenvalue weighted by Crippen LogP contribution is 2.27. The van der Waals surface area contributed by atoms with E-state index < -0.39 is 5.97 Å². The Kier molecular flexibility index (Phi) is 3.35. The molecule has 1 N–H and O–H groups in total. The largest absolute Gasteiger partial charge is 0.478 e. The van der Waals surface area contributed by atoms with Crippen LogP contribution in [-0.4, -0.2) is 20.6 Å². The summed E-state index contributed by atoms with van der Waals surface area (Å²) in [5.41, 5.74) is 2.03. The molecule has 1 aromatic heterocycles. The Morgan fingerprint density at radius 2 is 2.05 bits per heavy atom. The number of benzene rings is 1. The molecule has 2 rings (SSSR count). The molecular weight excluding hydrogens is 240 g/mol. The van der Waals surface area contributed by atoms with Gasteiger partial charge in [0.2, 0.25) is 0 Å². The maximum Gasteiger partial charge on any atom is 0.335 e. The molecular formula is C15H20N2O2. The summed E-state index contributed by atoms with van der Waals surface area (Å²) in [5.74, 6) is 0.107. The lowest BCUT2D eigenvalue weighted by Gasteiger charge is -2.19. The number of carboxylic acids is 1. The third-order valence-corrected chi connectivity index (χ3v) is 3.11. The molecule has 1 heterocycles. The van der Waals surface area contributed by atoms with E-state index in [2.05, 4.69) is 37.2 Å². The van der Waals surface area contributed by atoms with Crippen molar-refractivity contribution >= 4 is 17.0 Å². The normalized spacial score (nSPS) is 12.0. The van der Waals surface area contributed by atoms with E-state index in [1.165, 1.54) is 0 Å². The molecule has 1 aromatic carbocycles. The summed E-state index contributed by atoms with van der Waals surface area (Å²) >= 11 is 0. The maximum absolute atomic E-state index is 11.1. The number of fused-ring (bicyclic) bond motifs is 1. The number of aromatic carboxylic acids is 1. The number of aryl methyl sites for hydroxylation is 1. The molecule has 0 saturated heterocycles. The van der Waals surface area contributed by atoms with Crippen LogP contribution in [0.1, 0.15) is 50.3 Å². The first-order chi connectivity index (χ1) is 8.84. The number of carbonyl (C=O) groups is 1. The maximum atomic E-state index is 11.1. The molecule has 0 unspecified atom stereocenters. The summed E-state index contributed by atoms with van der Waals surface area (Å²) < 4.78 is 2.14. The van der Waals surface area contributed by atoms with Crippen molar-refractivity contribution in [3.63, 3.8) is 0 Å². The van der Waals surface area contributed by atoms with Gasteiger partial charge in [0.25, 0.3) is 0 Å². The van der Waals surface area contributed by atoms with Gasteiger partial charge in [-0.1, -0.05) is 27.7 Å². The average Bonchev–Trinajstić information content (AvgIpc) is 2.68. The predicted molar refractivity (Wildman–Crippen MR) is 75.7 cm³/mol. The molecule has 0 fully saturated rings. The van der Waals surface area contributed by atoms with E-state index in [-0.39, 0.29) is 5.41 Å². The topological polar surface area (TPSA) is 55.1 Å². The van der Waals surface area contributed by atoms with Crippen LogP contribution in [0.5, 0.6) is 0 Å². The molecule has 19 heavy (non-hydrogen) atoms. The van der Waals surface area contributed by atoms with Crippen molar-refractivity contribution < 1.29 is 9.90 Å². The van der Waals surface area contributed by atoms with E-state index in [1.54, 1.807) is 18.2 Å². The first-order valence-corrected chi connectivity index (χ1v) is 6.58. The van der Waals surface area contributed by atoms with E-state index in [9.17, 15) is 4.79 Å². The third-order valence-electron chi connectivity index (χ3n) is 3.11. The van der Waals surface area contributed by atoms with Crippen LogP contribution >= 0.6 is 0 Å². The summed E-state index contributed by atoms with van der Waals surface area (Å²) in [7, 11) is 0.